The Morgan fingerprint density at radius 1 is 1.36 bits per heavy atom. The molecule has 2 N–H and O–H groups in total. The highest BCUT2D eigenvalue weighted by Crippen LogP contribution is 2.39. The summed E-state index contributed by atoms with van der Waals surface area (Å²) in [4.78, 5) is 16.6. The van der Waals surface area contributed by atoms with Gasteiger partial charge in [0.05, 0.1) is 19.0 Å². The van der Waals surface area contributed by atoms with Gasteiger partial charge in [-0.15, -0.1) is 0 Å². The van der Waals surface area contributed by atoms with Crippen LogP contribution in [0.5, 0.6) is 0 Å². The zero-order chi connectivity index (χ0) is 15.9. The number of hydrogen-bond donors (Lipinski definition) is 2. The summed E-state index contributed by atoms with van der Waals surface area (Å²) in [5, 5.41) is 5.23. The fraction of sp³-hybridized carbons (Fsp3) is 0.529. The Labute approximate surface area is 131 Å². The Morgan fingerprint density at radius 2 is 2.14 bits per heavy atom. The minimum Gasteiger partial charge on any atom is -0.349 e. The van der Waals surface area contributed by atoms with Crippen molar-refractivity contribution < 1.29 is 4.79 Å². The number of nitrogens with zero attached hydrogens (tertiary/aromatic N) is 2. The summed E-state index contributed by atoms with van der Waals surface area (Å²) in [6, 6.07) is 4.46. The van der Waals surface area contributed by atoms with Gasteiger partial charge in [-0.25, -0.2) is 10.4 Å². The molecule has 0 aliphatic carbocycles. The molecular weight excluding hydrogens is 276 g/mol. The van der Waals surface area contributed by atoms with Crippen LogP contribution in [-0.2, 0) is 4.79 Å². The molecule has 1 unspecified atom stereocenters. The highest BCUT2D eigenvalue weighted by atomic mass is 16.1. The molecule has 0 saturated carbocycles. The van der Waals surface area contributed by atoms with Gasteiger partial charge in [0.25, 0.3) is 0 Å². The molecule has 118 valence electrons. The molecule has 0 spiro atoms. The van der Waals surface area contributed by atoms with Gasteiger partial charge in [0.1, 0.15) is 0 Å². The number of aromatic nitrogens is 1. The first kappa shape index (κ1) is 15.0. The maximum Gasteiger partial charge on any atom is 0.224 e. The van der Waals surface area contributed by atoms with Crippen LogP contribution in [0.15, 0.2) is 23.9 Å². The van der Waals surface area contributed by atoms with E-state index in [1.165, 1.54) is 11.1 Å². The van der Waals surface area contributed by atoms with Crippen molar-refractivity contribution in [2.45, 2.75) is 46.2 Å². The van der Waals surface area contributed by atoms with E-state index < -0.39 is 0 Å². The first-order chi connectivity index (χ1) is 10.5. The van der Waals surface area contributed by atoms with Gasteiger partial charge in [-0.3, -0.25) is 9.80 Å². The molecule has 5 nitrogen and oxygen atoms in total. The highest BCUT2D eigenvalue weighted by Gasteiger charge is 2.36. The number of hydrogen-bond acceptors (Lipinski definition) is 4. The average Bonchev–Trinajstić information content (AvgIpc) is 2.45. The van der Waals surface area contributed by atoms with E-state index in [4.69, 9.17) is 0 Å². The maximum absolute atomic E-state index is 12.1. The van der Waals surface area contributed by atoms with E-state index in [0.29, 0.717) is 24.9 Å². The number of pyridine rings is 1. The quantitative estimate of drug-likeness (QED) is 0.898. The largest absolute Gasteiger partial charge is 0.349 e. The van der Waals surface area contributed by atoms with Gasteiger partial charge in [-0.05, 0) is 43.0 Å². The predicted octanol–water partition coefficient (Wildman–Crippen LogP) is 2.11. The van der Waals surface area contributed by atoms with Gasteiger partial charge < -0.3 is 5.32 Å². The number of hydrazine groups is 1. The summed E-state index contributed by atoms with van der Waals surface area (Å²) < 4.78 is 0. The zero-order valence-corrected chi connectivity index (χ0v) is 13.7. The second-order valence-corrected chi connectivity index (χ2v) is 6.73. The summed E-state index contributed by atoms with van der Waals surface area (Å²) in [6.45, 7) is 9.23. The second-order valence-electron chi connectivity index (χ2n) is 6.73. The van der Waals surface area contributed by atoms with Gasteiger partial charge in [0, 0.05) is 17.8 Å². The molecule has 22 heavy (non-hydrogen) atoms. The summed E-state index contributed by atoms with van der Waals surface area (Å²) in [5.74, 6) is 1.43. The Balaban J connectivity index is 2.10. The molecule has 1 aromatic heterocycles. The summed E-state index contributed by atoms with van der Waals surface area (Å²) in [6.07, 6.45) is 2.30. The number of carbonyl (C=O) groups excluding carboxylic acids is 1. The number of rotatable bonds is 3. The molecule has 1 amide bonds. The third-order valence-corrected chi connectivity index (χ3v) is 4.14. The fourth-order valence-corrected chi connectivity index (χ4v) is 3.31. The molecule has 2 aliphatic heterocycles. The molecule has 0 radical (unpaired) electrons. The number of anilines is 1. The van der Waals surface area contributed by atoms with Gasteiger partial charge in [0.2, 0.25) is 5.91 Å². The zero-order valence-electron chi connectivity index (χ0n) is 13.7. The molecule has 1 aromatic rings. The van der Waals surface area contributed by atoms with E-state index in [-0.39, 0.29) is 11.9 Å². The van der Waals surface area contributed by atoms with Crippen LogP contribution >= 0.6 is 0 Å². The fourth-order valence-electron chi connectivity index (χ4n) is 3.31. The van der Waals surface area contributed by atoms with Crippen LogP contribution in [0.4, 0.5) is 5.82 Å². The van der Waals surface area contributed by atoms with Gasteiger partial charge in [-0.2, -0.15) is 0 Å². The molecule has 2 aliphatic rings. The van der Waals surface area contributed by atoms with Crippen LogP contribution in [-0.4, -0.2) is 29.5 Å². The lowest BCUT2D eigenvalue weighted by Gasteiger charge is -2.40. The SMILES string of the molecule is CC(C)NN1CC2=C(c3cccnc31)C(C(C)C)NC(=O)C2. The summed E-state index contributed by atoms with van der Waals surface area (Å²) in [5.41, 5.74) is 7.04. The van der Waals surface area contributed by atoms with Crippen molar-refractivity contribution in [1.82, 2.24) is 15.7 Å². The topological polar surface area (TPSA) is 57.3 Å². The molecule has 3 rings (SSSR count). The maximum atomic E-state index is 12.1. The first-order valence-electron chi connectivity index (χ1n) is 7.97. The molecule has 5 heteroatoms. The van der Waals surface area contributed by atoms with Crippen LogP contribution in [0.25, 0.3) is 5.57 Å². The van der Waals surface area contributed by atoms with Crippen LogP contribution in [0.3, 0.4) is 0 Å². The lowest BCUT2D eigenvalue weighted by molar-refractivity contribution is -0.121. The Bertz CT molecular complexity index is 621. The molecule has 0 bridgehead atoms. The van der Waals surface area contributed by atoms with E-state index in [2.05, 4.69) is 54.5 Å². The first-order valence-corrected chi connectivity index (χ1v) is 7.97. The van der Waals surface area contributed by atoms with Crippen molar-refractivity contribution in [3.05, 3.63) is 29.5 Å². The third kappa shape index (κ3) is 2.61. The van der Waals surface area contributed by atoms with Crippen molar-refractivity contribution in [3.63, 3.8) is 0 Å². The summed E-state index contributed by atoms with van der Waals surface area (Å²) in [7, 11) is 0. The van der Waals surface area contributed by atoms with Gasteiger partial charge in [0.15, 0.2) is 5.82 Å². The number of carbonyl (C=O) groups is 1. The van der Waals surface area contributed by atoms with E-state index in [9.17, 15) is 4.79 Å². The van der Waals surface area contributed by atoms with Crippen molar-refractivity contribution in [3.8, 4) is 0 Å². The van der Waals surface area contributed by atoms with E-state index in [1.54, 1.807) is 0 Å². The van der Waals surface area contributed by atoms with Crippen LogP contribution in [0, 0.1) is 5.92 Å². The van der Waals surface area contributed by atoms with Crippen molar-refractivity contribution in [2.24, 2.45) is 5.92 Å². The van der Waals surface area contributed by atoms with E-state index in [1.807, 2.05) is 12.3 Å². The summed E-state index contributed by atoms with van der Waals surface area (Å²) >= 11 is 0. The van der Waals surface area contributed by atoms with E-state index >= 15 is 0 Å². The third-order valence-electron chi connectivity index (χ3n) is 4.14. The van der Waals surface area contributed by atoms with Gasteiger partial charge >= 0.3 is 0 Å². The lowest BCUT2D eigenvalue weighted by Crippen LogP contribution is -2.51. The molecule has 1 atom stereocenters. The Morgan fingerprint density at radius 3 is 2.82 bits per heavy atom. The number of amides is 1. The van der Waals surface area contributed by atoms with Crippen molar-refractivity contribution in [2.75, 3.05) is 11.6 Å². The molecule has 0 aromatic carbocycles. The molecule has 3 heterocycles. The Hall–Kier alpha value is -1.88. The molecule has 0 fully saturated rings. The normalized spacial score (nSPS) is 21.1. The highest BCUT2D eigenvalue weighted by molar-refractivity contribution is 5.93. The van der Waals surface area contributed by atoms with Crippen LogP contribution in [0.1, 0.15) is 39.7 Å². The standard InChI is InChI=1S/C17H24N4O/c1-10(2)16-15-12(8-14(22)19-16)9-21(20-11(3)4)17-13(15)6-5-7-18-17/h5-7,10-11,16,20H,8-9H2,1-4H3,(H,19,22). The number of nitrogens with one attached hydrogen (secondary N) is 2. The minimum atomic E-state index is 0.0698. The van der Waals surface area contributed by atoms with Crippen molar-refractivity contribution in [1.29, 1.82) is 0 Å². The predicted molar refractivity (Wildman–Crippen MR) is 88.2 cm³/mol. The van der Waals surface area contributed by atoms with Crippen LogP contribution < -0.4 is 15.8 Å². The molecule has 0 saturated heterocycles. The van der Waals surface area contributed by atoms with Gasteiger partial charge in [-0.1, -0.05) is 13.8 Å². The smallest absolute Gasteiger partial charge is 0.224 e. The Kier molecular flexibility index (Phi) is 3.91. The average molecular weight is 300 g/mol. The van der Waals surface area contributed by atoms with Crippen LogP contribution in [0.2, 0.25) is 0 Å². The lowest BCUT2D eigenvalue weighted by atomic mass is 9.81. The van der Waals surface area contributed by atoms with E-state index in [0.717, 1.165) is 11.4 Å². The van der Waals surface area contributed by atoms with Crippen molar-refractivity contribution >= 4 is 17.3 Å². The monoisotopic (exact) mass is 300 g/mol. The number of fused-ring (bicyclic) bond motifs is 2. The minimum absolute atomic E-state index is 0.0698. The molecular formula is C17H24N4O. The second kappa shape index (κ2) is 5.72.